The van der Waals surface area contributed by atoms with Gasteiger partial charge >= 0.3 is 0 Å². The number of benzene rings is 1. The van der Waals surface area contributed by atoms with Crippen molar-refractivity contribution in [3.63, 3.8) is 0 Å². The first-order valence-electron chi connectivity index (χ1n) is 8.58. The monoisotopic (exact) mass is 350 g/mol. The fraction of sp³-hybridized carbons (Fsp3) is 0.263. The molecule has 7 heteroatoms. The van der Waals surface area contributed by atoms with Crippen LogP contribution in [-0.4, -0.2) is 46.3 Å². The first-order chi connectivity index (χ1) is 12.7. The highest BCUT2D eigenvalue weighted by molar-refractivity contribution is 5.59. The summed E-state index contributed by atoms with van der Waals surface area (Å²) in [5, 5.41) is 8.58. The topological polar surface area (TPSA) is 58.0 Å². The second-order valence-electron chi connectivity index (χ2n) is 6.26. The van der Waals surface area contributed by atoms with Crippen LogP contribution in [-0.2, 0) is 0 Å². The molecule has 1 fully saturated rings. The highest BCUT2D eigenvalue weighted by atomic mass is 19.1. The zero-order valence-electron chi connectivity index (χ0n) is 14.5. The van der Waals surface area contributed by atoms with E-state index in [1.54, 1.807) is 12.3 Å². The van der Waals surface area contributed by atoms with Gasteiger partial charge in [0.15, 0.2) is 5.82 Å². The van der Waals surface area contributed by atoms with Crippen molar-refractivity contribution < 1.29 is 4.39 Å². The number of hydrogen-bond acceptors (Lipinski definition) is 6. The van der Waals surface area contributed by atoms with Gasteiger partial charge in [0, 0.05) is 43.6 Å². The van der Waals surface area contributed by atoms with Crippen LogP contribution in [0.1, 0.15) is 5.69 Å². The molecular weight excluding hydrogens is 331 g/mol. The van der Waals surface area contributed by atoms with E-state index in [9.17, 15) is 4.39 Å². The number of halogens is 1. The van der Waals surface area contributed by atoms with Crippen molar-refractivity contribution in [1.82, 2.24) is 20.2 Å². The summed E-state index contributed by atoms with van der Waals surface area (Å²) in [4.78, 5) is 13.2. The van der Waals surface area contributed by atoms with Gasteiger partial charge in [0.05, 0.1) is 5.69 Å². The van der Waals surface area contributed by atoms with E-state index in [4.69, 9.17) is 0 Å². The van der Waals surface area contributed by atoms with E-state index < -0.39 is 0 Å². The molecule has 1 saturated heterocycles. The molecule has 0 atom stereocenters. The predicted molar refractivity (Wildman–Crippen MR) is 98.6 cm³/mol. The molecule has 26 heavy (non-hydrogen) atoms. The highest BCUT2D eigenvalue weighted by Crippen LogP contribution is 2.20. The van der Waals surface area contributed by atoms with Gasteiger partial charge in [0.25, 0.3) is 0 Å². The molecule has 2 aromatic heterocycles. The summed E-state index contributed by atoms with van der Waals surface area (Å²) < 4.78 is 13.4. The van der Waals surface area contributed by atoms with Crippen LogP contribution in [0.25, 0.3) is 11.3 Å². The van der Waals surface area contributed by atoms with Gasteiger partial charge in [0.2, 0.25) is 5.95 Å². The van der Waals surface area contributed by atoms with Crippen LogP contribution in [0.2, 0.25) is 0 Å². The Bertz CT molecular complexity index is 891. The molecular formula is C19H19FN6. The lowest BCUT2D eigenvalue weighted by Gasteiger charge is -2.35. The average molecular weight is 350 g/mol. The maximum atomic E-state index is 13.4. The molecule has 6 nitrogen and oxygen atoms in total. The van der Waals surface area contributed by atoms with Gasteiger partial charge in [-0.3, -0.25) is 0 Å². The maximum Gasteiger partial charge on any atom is 0.225 e. The molecule has 0 radical (unpaired) electrons. The van der Waals surface area contributed by atoms with Crippen molar-refractivity contribution >= 4 is 11.8 Å². The lowest BCUT2D eigenvalue weighted by Crippen LogP contribution is -2.47. The van der Waals surface area contributed by atoms with Gasteiger partial charge in [0.1, 0.15) is 5.82 Å². The minimum absolute atomic E-state index is 0.275. The zero-order valence-corrected chi connectivity index (χ0v) is 14.5. The predicted octanol–water partition coefficient (Wildman–Crippen LogP) is 2.71. The van der Waals surface area contributed by atoms with E-state index in [1.165, 1.54) is 12.1 Å². The number of nitrogens with zero attached hydrogens (tertiary/aromatic N) is 6. The minimum atomic E-state index is -0.275. The molecule has 4 rings (SSSR count). The Labute approximate surface area is 151 Å². The molecule has 132 valence electrons. The van der Waals surface area contributed by atoms with E-state index in [0.717, 1.165) is 49.2 Å². The van der Waals surface area contributed by atoms with E-state index >= 15 is 0 Å². The van der Waals surface area contributed by atoms with Crippen LogP contribution in [0.4, 0.5) is 16.2 Å². The number of aryl methyl sites for hydroxylation is 1. The van der Waals surface area contributed by atoms with E-state index in [-0.39, 0.29) is 5.82 Å². The maximum absolute atomic E-state index is 13.4. The molecule has 3 aromatic rings. The second-order valence-corrected chi connectivity index (χ2v) is 6.26. The third-order valence-corrected chi connectivity index (χ3v) is 4.44. The lowest BCUT2D eigenvalue weighted by molar-refractivity contribution is 0.627. The Morgan fingerprint density at radius 2 is 1.73 bits per heavy atom. The molecule has 1 aliphatic heterocycles. The molecule has 0 spiro atoms. The molecule has 1 aliphatic rings. The van der Waals surface area contributed by atoms with Crippen molar-refractivity contribution in [3.05, 3.63) is 60.2 Å². The van der Waals surface area contributed by atoms with E-state index in [1.807, 2.05) is 31.2 Å². The van der Waals surface area contributed by atoms with Crippen molar-refractivity contribution in [2.75, 3.05) is 36.0 Å². The Hall–Kier alpha value is -3.09. The first kappa shape index (κ1) is 16.4. The number of hydrogen-bond donors (Lipinski definition) is 0. The Morgan fingerprint density at radius 3 is 2.42 bits per heavy atom. The SMILES string of the molecule is Cc1ccnc(N2CCN(c3ccc(-c4cccc(F)c4)nn3)CC2)n1. The van der Waals surface area contributed by atoms with Crippen LogP contribution >= 0.6 is 0 Å². The summed E-state index contributed by atoms with van der Waals surface area (Å²) in [5.41, 5.74) is 2.36. The fourth-order valence-electron chi connectivity index (χ4n) is 3.02. The van der Waals surface area contributed by atoms with Crippen molar-refractivity contribution in [2.24, 2.45) is 0 Å². The van der Waals surface area contributed by atoms with Gasteiger partial charge < -0.3 is 9.80 Å². The Kier molecular flexibility index (Phi) is 4.43. The standard InChI is InChI=1S/C19H19FN6/c1-14-7-8-21-19(22-14)26-11-9-25(10-12-26)18-6-5-17(23-24-18)15-3-2-4-16(20)13-15/h2-8,13H,9-12H2,1H3. The smallest absolute Gasteiger partial charge is 0.225 e. The molecule has 0 aliphatic carbocycles. The molecule has 0 bridgehead atoms. The van der Waals surface area contributed by atoms with Gasteiger partial charge in [-0.2, -0.15) is 0 Å². The third-order valence-electron chi connectivity index (χ3n) is 4.44. The summed E-state index contributed by atoms with van der Waals surface area (Å²) in [6, 6.07) is 12.1. The quantitative estimate of drug-likeness (QED) is 0.724. The molecule has 0 amide bonds. The lowest BCUT2D eigenvalue weighted by atomic mass is 10.1. The van der Waals surface area contributed by atoms with Gasteiger partial charge in [-0.1, -0.05) is 12.1 Å². The number of anilines is 2. The molecule has 0 N–H and O–H groups in total. The summed E-state index contributed by atoms with van der Waals surface area (Å²) in [6.07, 6.45) is 1.79. The normalized spacial score (nSPS) is 14.5. The van der Waals surface area contributed by atoms with Gasteiger partial charge in [-0.05, 0) is 37.3 Å². The third kappa shape index (κ3) is 3.46. The Morgan fingerprint density at radius 1 is 0.923 bits per heavy atom. The van der Waals surface area contributed by atoms with Crippen LogP contribution in [0.3, 0.4) is 0 Å². The van der Waals surface area contributed by atoms with Crippen molar-refractivity contribution in [2.45, 2.75) is 6.92 Å². The van der Waals surface area contributed by atoms with Crippen LogP contribution < -0.4 is 9.80 Å². The zero-order chi connectivity index (χ0) is 17.9. The number of rotatable bonds is 3. The van der Waals surface area contributed by atoms with Crippen molar-refractivity contribution in [3.8, 4) is 11.3 Å². The van der Waals surface area contributed by atoms with Crippen LogP contribution in [0.15, 0.2) is 48.7 Å². The second kappa shape index (κ2) is 7.03. The van der Waals surface area contributed by atoms with E-state index in [2.05, 4.69) is 30.0 Å². The average Bonchev–Trinajstić information content (AvgIpc) is 2.68. The largest absolute Gasteiger partial charge is 0.352 e. The van der Waals surface area contributed by atoms with Crippen LogP contribution in [0, 0.1) is 12.7 Å². The first-order valence-corrected chi connectivity index (χ1v) is 8.58. The van der Waals surface area contributed by atoms with Gasteiger partial charge in [-0.25, -0.2) is 14.4 Å². The highest BCUT2D eigenvalue weighted by Gasteiger charge is 2.20. The van der Waals surface area contributed by atoms with E-state index in [0.29, 0.717) is 5.69 Å². The number of piperazine rings is 1. The molecule has 1 aromatic carbocycles. The van der Waals surface area contributed by atoms with Crippen LogP contribution in [0.5, 0.6) is 0 Å². The molecule has 0 unspecified atom stereocenters. The number of aromatic nitrogens is 4. The van der Waals surface area contributed by atoms with Gasteiger partial charge in [-0.15, -0.1) is 10.2 Å². The summed E-state index contributed by atoms with van der Waals surface area (Å²) in [5.74, 6) is 1.33. The fourth-order valence-corrected chi connectivity index (χ4v) is 3.02. The Balaban J connectivity index is 1.43. The molecule has 0 saturated carbocycles. The summed E-state index contributed by atoms with van der Waals surface area (Å²) >= 11 is 0. The summed E-state index contributed by atoms with van der Waals surface area (Å²) in [6.45, 7) is 5.28. The minimum Gasteiger partial charge on any atom is -0.352 e. The van der Waals surface area contributed by atoms with Crippen molar-refractivity contribution in [1.29, 1.82) is 0 Å². The molecule has 3 heterocycles. The summed E-state index contributed by atoms with van der Waals surface area (Å²) in [7, 11) is 0.